The molecule has 6 nitrogen and oxygen atoms in total. The Hall–Kier alpha value is -3.80. The minimum absolute atomic E-state index is 0.299. The summed E-state index contributed by atoms with van der Waals surface area (Å²) in [5, 5.41) is 8.18. The number of carbonyl (C=O) groups excluding carboxylic acids is 2. The highest BCUT2D eigenvalue weighted by atomic mass is 16.3. The third kappa shape index (κ3) is 5.10. The molecule has 3 amide bonds. The fourth-order valence-electron chi connectivity index (χ4n) is 2.22. The van der Waals surface area contributed by atoms with Crippen molar-refractivity contribution in [1.82, 2.24) is 0 Å². The Balaban J connectivity index is 1.57. The Morgan fingerprint density at radius 1 is 0.769 bits per heavy atom. The average molecular weight is 347 g/mol. The van der Waals surface area contributed by atoms with Crippen LogP contribution in [-0.2, 0) is 4.79 Å². The molecule has 26 heavy (non-hydrogen) atoms. The van der Waals surface area contributed by atoms with Crippen molar-refractivity contribution in [2.45, 2.75) is 0 Å². The summed E-state index contributed by atoms with van der Waals surface area (Å²) >= 11 is 0. The molecule has 0 saturated carbocycles. The van der Waals surface area contributed by atoms with Crippen molar-refractivity contribution in [3.8, 4) is 0 Å². The summed E-state index contributed by atoms with van der Waals surface area (Å²) in [6.45, 7) is 0. The molecule has 0 aliphatic carbocycles. The Labute approximate surface area is 150 Å². The van der Waals surface area contributed by atoms with E-state index in [4.69, 9.17) is 4.42 Å². The molecule has 3 N–H and O–H groups in total. The van der Waals surface area contributed by atoms with Crippen molar-refractivity contribution in [2.75, 3.05) is 16.0 Å². The fourth-order valence-corrected chi connectivity index (χ4v) is 2.22. The highest BCUT2D eigenvalue weighted by molar-refractivity contribution is 6.03. The van der Waals surface area contributed by atoms with Crippen LogP contribution in [0, 0.1) is 0 Å². The lowest BCUT2D eigenvalue weighted by Crippen LogP contribution is -2.19. The van der Waals surface area contributed by atoms with Gasteiger partial charge in [0.1, 0.15) is 5.76 Å². The SMILES string of the molecule is O=C(C=Cc1ccco1)Nc1cccc(NC(=O)Nc2ccccc2)c1. The number of urea groups is 1. The lowest BCUT2D eigenvalue weighted by molar-refractivity contribution is -0.111. The normalized spacial score (nSPS) is 10.5. The molecule has 130 valence electrons. The average Bonchev–Trinajstić information content (AvgIpc) is 3.14. The minimum Gasteiger partial charge on any atom is -0.465 e. The molecule has 0 atom stereocenters. The number of amides is 3. The van der Waals surface area contributed by atoms with E-state index in [9.17, 15) is 9.59 Å². The van der Waals surface area contributed by atoms with Gasteiger partial charge in [0.25, 0.3) is 0 Å². The maximum absolute atomic E-state index is 12.0. The van der Waals surface area contributed by atoms with Crippen LogP contribution in [0.2, 0.25) is 0 Å². The van der Waals surface area contributed by atoms with E-state index >= 15 is 0 Å². The van der Waals surface area contributed by atoms with Gasteiger partial charge in [-0.15, -0.1) is 0 Å². The van der Waals surface area contributed by atoms with E-state index in [0.717, 1.165) is 0 Å². The topological polar surface area (TPSA) is 83.4 Å². The van der Waals surface area contributed by atoms with Gasteiger partial charge in [0.05, 0.1) is 6.26 Å². The van der Waals surface area contributed by atoms with E-state index in [1.165, 1.54) is 12.3 Å². The van der Waals surface area contributed by atoms with Gasteiger partial charge in [-0.2, -0.15) is 0 Å². The predicted octanol–water partition coefficient (Wildman–Crippen LogP) is 4.58. The molecule has 0 spiro atoms. The van der Waals surface area contributed by atoms with E-state index in [-0.39, 0.29) is 11.9 Å². The summed E-state index contributed by atoms with van der Waals surface area (Å²) < 4.78 is 5.12. The zero-order chi connectivity index (χ0) is 18.2. The number of carbonyl (C=O) groups is 2. The van der Waals surface area contributed by atoms with Crippen LogP contribution in [0.1, 0.15) is 5.76 Å². The zero-order valence-corrected chi connectivity index (χ0v) is 13.8. The van der Waals surface area contributed by atoms with Gasteiger partial charge >= 0.3 is 6.03 Å². The molecule has 6 heteroatoms. The lowest BCUT2D eigenvalue weighted by Gasteiger charge is -2.09. The summed E-state index contributed by atoms with van der Waals surface area (Å²) in [7, 11) is 0. The standard InChI is InChI=1S/C20H17N3O3/c24-19(12-11-18-10-5-13-26-18)21-16-8-4-9-17(14-16)23-20(25)22-15-6-2-1-3-7-15/h1-14H,(H,21,24)(H2,22,23,25). The first-order valence-corrected chi connectivity index (χ1v) is 7.95. The maximum atomic E-state index is 12.0. The molecular formula is C20H17N3O3. The van der Waals surface area contributed by atoms with Crippen LogP contribution in [0.15, 0.2) is 83.5 Å². The lowest BCUT2D eigenvalue weighted by atomic mass is 10.2. The molecule has 0 unspecified atom stereocenters. The first kappa shape index (κ1) is 17.0. The molecular weight excluding hydrogens is 330 g/mol. The Bertz CT molecular complexity index is 903. The number of benzene rings is 2. The summed E-state index contributed by atoms with van der Waals surface area (Å²) in [5.41, 5.74) is 1.82. The molecule has 0 aliphatic rings. The van der Waals surface area contributed by atoms with Gasteiger partial charge in [-0.1, -0.05) is 24.3 Å². The Morgan fingerprint density at radius 3 is 2.19 bits per heavy atom. The van der Waals surface area contributed by atoms with Gasteiger partial charge in [-0.3, -0.25) is 4.79 Å². The van der Waals surface area contributed by atoms with E-state index < -0.39 is 0 Å². The van der Waals surface area contributed by atoms with E-state index in [0.29, 0.717) is 22.8 Å². The smallest absolute Gasteiger partial charge is 0.323 e. The zero-order valence-electron chi connectivity index (χ0n) is 13.8. The minimum atomic E-state index is -0.364. The van der Waals surface area contributed by atoms with Crippen LogP contribution in [0.4, 0.5) is 21.9 Å². The molecule has 0 radical (unpaired) electrons. The van der Waals surface area contributed by atoms with Crippen LogP contribution in [0.5, 0.6) is 0 Å². The van der Waals surface area contributed by atoms with Gasteiger partial charge in [0, 0.05) is 23.1 Å². The van der Waals surface area contributed by atoms with Crippen molar-refractivity contribution in [1.29, 1.82) is 0 Å². The summed E-state index contributed by atoms with van der Waals surface area (Å²) in [5.74, 6) is 0.292. The Kier molecular flexibility index (Phi) is 5.47. The maximum Gasteiger partial charge on any atom is 0.323 e. The number of furan rings is 1. The molecule has 0 fully saturated rings. The molecule has 0 aliphatic heterocycles. The number of rotatable bonds is 5. The summed E-state index contributed by atoms with van der Waals surface area (Å²) in [4.78, 5) is 24.0. The monoisotopic (exact) mass is 347 g/mol. The highest BCUT2D eigenvalue weighted by Crippen LogP contribution is 2.16. The van der Waals surface area contributed by atoms with Crippen molar-refractivity contribution < 1.29 is 14.0 Å². The second-order valence-corrected chi connectivity index (χ2v) is 5.36. The van der Waals surface area contributed by atoms with Crippen molar-refractivity contribution in [3.05, 3.63) is 84.8 Å². The first-order valence-electron chi connectivity index (χ1n) is 7.95. The van der Waals surface area contributed by atoms with E-state index in [1.54, 1.807) is 54.6 Å². The van der Waals surface area contributed by atoms with Gasteiger partial charge in [-0.25, -0.2) is 4.79 Å². The molecule has 3 rings (SSSR count). The van der Waals surface area contributed by atoms with Gasteiger partial charge in [0.2, 0.25) is 5.91 Å². The van der Waals surface area contributed by atoms with Crippen molar-refractivity contribution >= 4 is 35.1 Å². The fraction of sp³-hybridized carbons (Fsp3) is 0. The highest BCUT2D eigenvalue weighted by Gasteiger charge is 2.04. The van der Waals surface area contributed by atoms with E-state index in [2.05, 4.69) is 16.0 Å². The molecule has 0 saturated heterocycles. The van der Waals surface area contributed by atoms with Crippen molar-refractivity contribution in [3.63, 3.8) is 0 Å². The van der Waals surface area contributed by atoms with Gasteiger partial charge in [0.15, 0.2) is 0 Å². The van der Waals surface area contributed by atoms with E-state index in [1.807, 2.05) is 18.2 Å². The number of para-hydroxylation sites is 1. The molecule has 2 aromatic carbocycles. The van der Waals surface area contributed by atoms with Crippen LogP contribution < -0.4 is 16.0 Å². The van der Waals surface area contributed by atoms with Crippen LogP contribution in [-0.4, -0.2) is 11.9 Å². The number of hydrogen-bond donors (Lipinski definition) is 3. The second kappa shape index (κ2) is 8.34. The molecule has 1 aromatic heterocycles. The van der Waals surface area contributed by atoms with Gasteiger partial charge < -0.3 is 20.4 Å². The van der Waals surface area contributed by atoms with Crippen LogP contribution in [0.3, 0.4) is 0 Å². The number of nitrogens with one attached hydrogen (secondary N) is 3. The number of anilines is 3. The molecule has 0 bridgehead atoms. The first-order chi connectivity index (χ1) is 12.7. The third-order valence-electron chi connectivity index (χ3n) is 3.36. The van der Waals surface area contributed by atoms with Crippen LogP contribution in [0.25, 0.3) is 6.08 Å². The summed E-state index contributed by atoms with van der Waals surface area (Å²) in [6, 6.07) is 19.1. The quantitative estimate of drug-likeness (QED) is 0.591. The predicted molar refractivity (Wildman–Crippen MR) is 102 cm³/mol. The van der Waals surface area contributed by atoms with Crippen molar-refractivity contribution in [2.24, 2.45) is 0 Å². The Morgan fingerprint density at radius 2 is 1.46 bits per heavy atom. The largest absolute Gasteiger partial charge is 0.465 e. The number of hydrogen-bond acceptors (Lipinski definition) is 3. The molecule has 3 aromatic rings. The summed E-state index contributed by atoms with van der Waals surface area (Å²) in [6.07, 6.45) is 4.49. The van der Waals surface area contributed by atoms with Gasteiger partial charge in [-0.05, 0) is 48.5 Å². The third-order valence-corrected chi connectivity index (χ3v) is 3.36. The second-order valence-electron chi connectivity index (χ2n) is 5.36. The van der Waals surface area contributed by atoms with Crippen LogP contribution >= 0.6 is 0 Å². The molecule has 1 heterocycles.